The van der Waals surface area contributed by atoms with E-state index in [1.807, 2.05) is 13.8 Å². The van der Waals surface area contributed by atoms with Crippen molar-refractivity contribution in [2.75, 3.05) is 17.7 Å². The van der Waals surface area contributed by atoms with Crippen LogP contribution in [0, 0.1) is 0 Å². The van der Waals surface area contributed by atoms with Crippen molar-refractivity contribution in [1.29, 1.82) is 0 Å². The number of rotatable bonds is 6. The molecule has 3 aromatic heterocycles. The molecule has 1 fully saturated rings. The Morgan fingerprint density at radius 2 is 2.13 bits per heavy atom. The molecule has 0 spiro atoms. The van der Waals surface area contributed by atoms with E-state index in [-0.39, 0.29) is 29.7 Å². The minimum atomic E-state index is -0.375. The number of anilines is 3. The van der Waals surface area contributed by atoms with Gasteiger partial charge in [-0.3, -0.25) is 9.59 Å². The van der Waals surface area contributed by atoms with Crippen LogP contribution in [-0.2, 0) is 0 Å². The molecule has 1 aliphatic carbocycles. The minimum Gasteiger partial charge on any atom is -0.393 e. The topological polar surface area (TPSA) is 126 Å². The summed E-state index contributed by atoms with van der Waals surface area (Å²) in [6, 6.07) is 5.18. The molecule has 1 amide bonds. The van der Waals surface area contributed by atoms with Crippen LogP contribution in [0.25, 0.3) is 5.65 Å². The van der Waals surface area contributed by atoms with Crippen LogP contribution in [-0.4, -0.2) is 49.4 Å². The van der Waals surface area contributed by atoms with Gasteiger partial charge in [-0.25, -0.2) is 4.98 Å². The van der Waals surface area contributed by atoms with Crippen molar-refractivity contribution in [1.82, 2.24) is 24.5 Å². The van der Waals surface area contributed by atoms with Gasteiger partial charge in [0.25, 0.3) is 11.5 Å². The van der Waals surface area contributed by atoms with Crippen LogP contribution in [0.5, 0.6) is 0 Å². The summed E-state index contributed by atoms with van der Waals surface area (Å²) in [4.78, 5) is 30.1. The van der Waals surface area contributed by atoms with Crippen LogP contribution in [0.1, 0.15) is 49.5 Å². The highest BCUT2D eigenvalue weighted by Crippen LogP contribution is 2.23. The molecule has 0 saturated heterocycles. The second kappa shape index (κ2) is 8.38. The third-order valence-corrected chi connectivity index (χ3v) is 5.51. The number of carbonyl (C=O) groups excluding carboxylic acids is 1. The van der Waals surface area contributed by atoms with Gasteiger partial charge in [0.15, 0.2) is 5.65 Å². The average Bonchev–Trinajstić information content (AvgIpc) is 3.34. The van der Waals surface area contributed by atoms with Gasteiger partial charge in [0.2, 0.25) is 0 Å². The molecule has 31 heavy (non-hydrogen) atoms. The van der Waals surface area contributed by atoms with Crippen molar-refractivity contribution in [2.24, 2.45) is 0 Å². The first-order valence-electron chi connectivity index (χ1n) is 10.4. The van der Waals surface area contributed by atoms with E-state index >= 15 is 0 Å². The molecule has 2 atom stereocenters. The number of hydrogen-bond donors (Lipinski definition) is 4. The Balaban J connectivity index is 1.68. The largest absolute Gasteiger partial charge is 0.393 e. The fourth-order valence-corrected chi connectivity index (χ4v) is 3.87. The Bertz CT molecular complexity index is 1170. The maximum Gasteiger partial charge on any atom is 0.274 e. The Morgan fingerprint density at radius 3 is 2.81 bits per heavy atom. The highest BCUT2D eigenvalue weighted by Gasteiger charge is 2.26. The molecule has 0 bridgehead atoms. The molecule has 10 nitrogen and oxygen atoms in total. The van der Waals surface area contributed by atoms with E-state index in [0.29, 0.717) is 41.4 Å². The number of nitrogens with zero attached hydrogens (tertiary/aromatic N) is 4. The normalized spacial score (nSPS) is 18.5. The molecule has 1 saturated carbocycles. The lowest BCUT2D eigenvalue weighted by atomic mass is 10.2. The second-order valence-electron chi connectivity index (χ2n) is 8.06. The quantitative estimate of drug-likeness (QED) is 0.475. The number of aliphatic hydroxyl groups is 1. The highest BCUT2D eigenvalue weighted by atomic mass is 16.3. The Kier molecular flexibility index (Phi) is 5.64. The van der Waals surface area contributed by atoms with Crippen LogP contribution >= 0.6 is 0 Å². The number of hydrogen-bond acceptors (Lipinski definition) is 7. The minimum absolute atomic E-state index is 0.0248. The molecular formula is C21H27N7O3. The van der Waals surface area contributed by atoms with Crippen molar-refractivity contribution in [3.63, 3.8) is 0 Å². The number of pyridine rings is 1. The monoisotopic (exact) mass is 425 g/mol. The second-order valence-corrected chi connectivity index (χ2v) is 8.06. The predicted molar refractivity (Wildman–Crippen MR) is 118 cm³/mol. The zero-order valence-corrected chi connectivity index (χ0v) is 17.8. The lowest BCUT2D eigenvalue weighted by molar-refractivity contribution is 0.0935. The third kappa shape index (κ3) is 4.11. The first-order valence-corrected chi connectivity index (χ1v) is 10.4. The lowest BCUT2D eigenvalue weighted by Crippen LogP contribution is -2.33. The van der Waals surface area contributed by atoms with Gasteiger partial charge in [-0.15, -0.1) is 0 Å². The number of fused-ring (bicyclic) bond motifs is 1. The first kappa shape index (κ1) is 20.9. The van der Waals surface area contributed by atoms with E-state index in [4.69, 9.17) is 0 Å². The predicted octanol–water partition coefficient (Wildman–Crippen LogP) is 1.90. The molecule has 0 radical (unpaired) electrons. The van der Waals surface area contributed by atoms with Gasteiger partial charge < -0.3 is 25.6 Å². The molecule has 3 heterocycles. The SMILES string of the molecule is CNc1cc(Nc2cccn(C(C)C)c2=O)nc2c(C(=O)N[C@H]3CC[C@@H](O)C3)cnn12. The van der Waals surface area contributed by atoms with Crippen LogP contribution in [0.15, 0.2) is 35.4 Å². The van der Waals surface area contributed by atoms with Gasteiger partial charge in [0, 0.05) is 31.4 Å². The van der Waals surface area contributed by atoms with Crippen molar-refractivity contribution >= 4 is 28.9 Å². The molecule has 1 aliphatic rings. The molecular weight excluding hydrogens is 398 g/mol. The fourth-order valence-electron chi connectivity index (χ4n) is 3.87. The molecule has 10 heteroatoms. The Hall–Kier alpha value is -3.40. The van der Waals surface area contributed by atoms with Crippen LogP contribution in [0.4, 0.5) is 17.3 Å². The number of aliphatic hydroxyl groups excluding tert-OH is 1. The van der Waals surface area contributed by atoms with E-state index in [2.05, 4.69) is 26.0 Å². The first-order chi connectivity index (χ1) is 14.9. The summed E-state index contributed by atoms with van der Waals surface area (Å²) in [6.07, 6.45) is 4.81. The zero-order valence-electron chi connectivity index (χ0n) is 17.8. The smallest absolute Gasteiger partial charge is 0.274 e. The molecule has 4 N–H and O–H groups in total. The summed E-state index contributed by atoms with van der Waals surface area (Å²) >= 11 is 0. The summed E-state index contributed by atoms with van der Waals surface area (Å²) in [5.41, 5.74) is 0.928. The number of amides is 1. The van der Waals surface area contributed by atoms with Crippen molar-refractivity contribution < 1.29 is 9.90 Å². The maximum absolute atomic E-state index is 12.8. The Labute approximate surface area is 179 Å². The lowest BCUT2D eigenvalue weighted by Gasteiger charge is -2.14. The summed E-state index contributed by atoms with van der Waals surface area (Å²) < 4.78 is 3.18. The summed E-state index contributed by atoms with van der Waals surface area (Å²) in [5, 5.41) is 23.1. The van der Waals surface area contributed by atoms with E-state index in [1.54, 1.807) is 40.5 Å². The Morgan fingerprint density at radius 1 is 1.32 bits per heavy atom. The van der Waals surface area contributed by atoms with Gasteiger partial charge in [0.1, 0.15) is 22.9 Å². The van der Waals surface area contributed by atoms with Crippen LogP contribution in [0.2, 0.25) is 0 Å². The van der Waals surface area contributed by atoms with Gasteiger partial charge >= 0.3 is 0 Å². The van der Waals surface area contributed by atoms with Gasteiger partial charge in [0.05, 0.1) is 12.3 Å². The van der Waals surface area contributed by atoms with Gasteiger partial charge in [-0.05, 0) is 45.2 Å². The highest BCUT2D eigenvalue weighted by molar-refractivity contribution is 6.00. The fraction of sp³-hybridized carbons (Fsp3) is 0.429. The van der Waals surface area contributed by atoms with Gasteiger partial charge in [-0.1, -0.05) is 0 Å². The molecule has 3 aromatic rings. The van der Waals surface area contributed by atoms with Crippen LogP contribution < -0.4 is 21.5 Å². The van der Waals surface area contributed by atoms with E-state index in [0.717, 1.165) is 6.42 Å². The number of aromatic nitrogens is 4. The summed E-state index contributed by atoms with van der Waals surface area (Å²) in [6.45, 7) is 3.88. The van der Waals surface area contributed by atoms with E-state index in [1.165, 1.54) is 6.20 Å². The van der Waals surface area contributed by atoms with Crippen molar-refractivity contribution in [3.8, 4) is 0 Å². The van der Waals surface area contributed by atoms with Crippen LogP contribution in [0.3, 0.4) is 0 Å². The molecule has 0 aromatic carbocycles. The number of carbonyl (C=O) groups is 1. The standard InChI is InChI=1S/C21H27N7O3/c1-12(2)27-8-4-5-16(21(27)31)25-17-10-18(22-3)28-19(26-17)15(11-23-28)20(30)24-13-6-7-14(29)9-13/h4-5,8,10-14,22,29H,6-7,9H2,1-3H3,(H,24,30)(H,25,26)/t13-,14+/m0/s1. The molecule has 164 valence electrons. The third-order valence-electron chi connectivity index (χ3n) is 5.51. The van der Waals surface area contributed by atoms with E-state index < -0.39 is 0 Å². The van der Waals surface area contributed by atoms with Gasteiger partial charge in [-0.2, -0.15) is 9.61 Å². The molecule has 0 unspecified atom stereocenters. The average molecular weight is 425 g/mol. The van der Waals surface area contributed by atoms with Crippen molar-refractivity contribution in [2.45, 2.75) is 51.3 Å². The molecule has 0 aliphatic heterocycles. The number of nitrogens with one attached hydrogen (secondary N) is 3. The summed E-state index contributed by atoms with van der Waals surface area (Å²) in [7, 11) is 1.74. The van der Waals surface area contributed by atoms with Crippen molar-refractivity contribution in [3.05, 3.63) is 46.5 Å². The molecule has 4 rings (SSSR count). The maximum atomic E-state index is 12.8. The summed E-state index contributed by atoms with van der Waals surface area (Å²) in [5.74, 6) is 0.743. The zero-order chi connectivity index (χ0) is 22.1. The van der Waals surface area contributed by atoms with E-state index in [9.17, 15) is 14.7 Å².